The number of carbonyl (C=O) groups excluding carboxylic acids is 2. The first kappa shape index (κ1) is 17.5. The summed E-state index contributed by atoms with van der Waals surface area (Å²) < 4.78 is 5.41. The van der Waals surface area contributed by atoms with Gasteiger partial charge in [0.25, 0.3) is 0 Å². The molecular formula is C18H21N3O3. The van der Waals surface area contributed by atoms with Crippen LogP contribution in [0, 0.1) is 6.92 Å². The zero-order valence-corrected chi connectivity index (χ0v) is 14.0. The molecule has 2 rings (SSSR count). The summed E-state index contributed by atoms with van der Waals surface area (Å²) >= 11 is 0. The van der Waals surface area contributed by atoms with Crippen LogP contribution < -0.4 is 15.4 Å². The molecule has 6 nitrogen and oxygen atoms in total. The molecule has 0 saturated heterocycles. The van der Waals surface area contributed by atoms with Crippen molar-refractivity contribution >= 4 is 17.5 Å². The second kappa shape index (κ2) is 8.10. The lowest BCUT2D eigenvalue weighted by molar-refractivity contribution is -0.136. The summed E-state index contributed by atoms with van der Waals surface area (Å²) in [7, 11) is 0. The third kappa shape index (κ3) is 5.39. The molecule has 0 spiro atoms. The van der Waals surface area contributed by atoms with E-state index in [9.17, 15) is 9.59 Å². The van der Waals surface area contributed by atoms with Gasteiger partial charge in [-0.05, 0) is 32.4 Å². The van der Waals surface area contributed by atoms with E-state index in [1.807, 2.05) is 45.0 Å². The van der Waals surface area contributed by atoms with Crippen LogP contribution >= 0.6 is 0 Å². The summed E-state index contributed by atoms with van der Waals surface area (Å²) in [5, 5.41) is 5.08. The van der Waals surface area contributed by atoms with Gasteiger partial charge in [-0.1, -0.05) is 29.8 Å². The molecule has 0 atom stereocenters. The quantitative estimate of drug-likeness (QED) is 0.827. The molecule has 126 valence electrons. The molecule has 0 radical (unpaired) electrons. The van der Waals surface area contributed by atoms with E-state index in [1.165, 1.54) is 6.20 Å². The highest BCUT2D eigenvalue weighted by Gasteiger charge is 2.13. The Hall–Kier alpha value is -2.89. The molecule has 1 aromatic heterocycles. The van der Waals surface area contributed by atoms with Gasteiger partial charge in [-0.3, -0.25) is 9.59 Å². The van der Waals surface area contributed by atoms with Crippen molar-refractivity contribution in [2.24, 2.45) is 0 Å². The Kier molecular flexibility index (Phi) is 5.89. The van der Waals surface area contributed by atoms with Crippen LogP contribution in [0.2, 0.25) is 0 Å². The van der Waals surface area contributed by atoms with Crippen LogP contribution in [0.5, 0.6) is 5.88 Å². The zero-order chi connectivity index (χ0) is 17.5. The third-order valence-electron chi connectivity index (χ3n) is 3.13. The van der Waals surface area contributed by atoms with E-state index in [0.29, 0.717) is 18.1 Å². The number of pyridine rings is 1. The highest BCUT2D eigenvalue weighted by Crippen LogP contribution is 2.12. The van der Waals surface area contributed by atoms with Gasteiger partial charge in [-0.15, -0.1) is 0 Å². The molecule has 0 bridgehead atoms. The predicted octanol–water partition coefficient (Wildman–Crippen LogP) is 2.43. The summed E-state index contributed by atoms with van der Waals surface area (Å²) in [6.45, 7) is 6.08. The molecule has 0 aliphatic carbocycles. The predicted molar refractivity (Wildman–Crippen MR) is 91.7 cm³/mol. The smallest absolute Gasteiger partial charge is 0.313 e. The van der Waals surface area contributed by atoms with E-state index in [1.54, 1.807) is 12.1 Å². The first-order valence-corrected chi connectivity index (χ1v) is 7.71. The number of ether oxygens (including phenoxy) is 1. The fourth-order valence-electron chi connectivity index (χ4n) is 1.92. The summed E-state index contributed by atoms with van der Waals surface area (Å²) in [6.07, 6.45) is 1.47. The number of nitrogens with one attached hydrogen (secondary N) is 2. The molecular weight excluding hydrogens is 306 g/mol. The van der Waals surface area contributed by atoms with E-state index in [0.717, 1.165) is 11.1 Å². The molecule has 1 heterocycles. The molecule has 0 aliphatic heterocycles. The standard InChI is InChI=1S/C18H21N3O3/c1-12(2)24-16-9-8-15(11-19-16)21-18(23)17(22)20-10-14-6-4-13(3)5-7-14/h4-9,11-12H,10H2,1-3H3,(H,20,22)(H,21,23). The number of benzene rings is 1. The topological polar surface area (TPSA) is 80.3 Å². The molecule has 1 aromatic carbocycles. The number of carbonyl (C=O) groups is 2. The van der Waals surface area contributed by atoms with Crippen molar-refractivity contribution in [3.8, 4) is 5.88 Å². The molecule has 0 unspecified atom stereocenters. The van der Waals surface area contributed by atoms with E-state index >= 15 is 0 Å². The fourth-order valence-corrected chi connectivity index (χ4v) is 1.92. The van der Waals surface area contributed by atoms with Crippen LogP contribution in [0.25, 0.3) is 0 Å². The van der Waals surface area contributed by atoms with Gasteiger partial charge in [0.2, 0.25) is 5.88 Å². The van der Waals surface area contributed by atoms with Gasteiger partial charge in [-0.25, -0.2) is 4.98 Å². The Morgan fingerprint density at radius 3 is 2.38 bits per heavy atom. The molecule has 2 N–H and O–H groups in total. The Labute approximate surface area is 141 Å². The molecule has 24 heavy (non-hydrogen) atoms. The monoisotopic (exact) mass is 327 g/mol. The average molecular weight is 327 g/mol. The number of rotatable bonds is 5. The largest absolute Gasteiger partial charge is 0.475 e. The molecule has 2 aromatic rings. The summed E-state index contributed by atoms with van der Waals surface area (Å²) in [5.41, 5.74) is 2.50. The van der Waals surface area contributed by atoms with E-state index in [-0.39, 0.29) is 6.10 Å². The Morgan fingerprint density at radius 2 is 1.79 bits per heavy atom. The maximum Gasteiger partial charge on any atom is 0.313 e. The van der Waals surface area contributed by atoms with Crippen LogP contribution in [0.4, 0.5) is 5.69 Å². The fraction of sp³-hybridized carbons (Fsp3) is 0.278. The minimum absolute atomic E-state index is 0.0190. The molecule has 2 amide bonds. The number of hydrogen-bond donors (Lipinski definition) is 2. The first-order chi connectivity index (χ1) is 11.4. The second-order valence-electron chi connectivity index (χ2n) is 5.67. The van der Waals surface area contributed by atoms with Gasteiger partial charge < -0.3 is 15.4 Å². The van der Waals surface area contributed by atoms with Gasteiger partial charge in [-0.2, -0.15) is 0 Å². The van der Waals surface area contributed by atoms with E-state index in [2.05, 4.69) is 15.6 Å². The van der Waals surface area contributed by atoms with Crippen LogP contribution in [-0.2, 0) is 16.1 Å². The maximum absolute atomic E-state index is 11.9. The van der Waals surface area contributed by atoms with Gasteiger partial charge in [0.1, 0.15) is 0 Å². The van der Waals surface area contributed by atoms with Crippen molar-refractivity contribution < 1.29 is 14.3 Å². The van der Waals surface area contributed by atoms with Crippen molar-refractivity contribution in [1.82, 2.24) is 10.3 Å². The Bertz CT molecular complexity index is 694. The lowest BCUT2D eigenvalue weighted by Crippen LogP contribution is -2.34. The van der Waals surface area contributed by atoms with Crippen LogP contribution in [0.15, 0.2) is 42.6 Å². The van der Waals surface area contributed by atoms with Gasteiger partial charge >= 0.3 is 11.8 Å². The number of nitrogens with zero attached hydrogens (tertiary/aromatic N) is 1. The minimum atomic E-state index is -0.735. The zero-order valence-electron chi connectivity index (χ0n) is 14.0. The number of aromatic nitrogens is 1. The number of hydrogen-bond acceptors (Lipinski definition) is 4. The van der Waals surface area contributed by atoms with Crippen LogP contribution in [0.1, 0.15) is 25.0 Å². The minimum Gasteiger partial charge on any atom is -0.475 e. The van der Waals surface area contributed by atoms with Crippen molar-refractivity contribution in [3.63, 3.8) is 0 Å². The lowest BCUT2D eigenvalue weighted by atomic mass is 10.1. The molecule has 0 saturated carbocycles. The average Bonchev–Trinajstić information content (AvgIpc) is 2.55. The van der Waals surface area contributed by atoms with Gasteiger partial charge in [0.15, 0.2) is 0 Å². The van der Waals surface area contributed by atoms with Crippen molar-refractivity contribution in [2.75, 3.05) is 5.32 Å². The van der Waals surface area contributed by atoms with Crippen LogP contribution in [0.3, 0.4) is 0 Å². The molecule has 6 heteroatoms. The van der Waals surface area contributed by atoms with Gasteiger partial charge in [0.05, 0.1) is 18.0 Å². The van der Waals surface area contributed by atoms with Crippen molar-refractivity contribution in [2.45, 2.75) is 33.4 Å². The van der Waals surface area contributed by atoms with Crippen molar-refractivity contribution in [1.29, 1.82) is 0 Å². The second-order valence-corrected chi connectivity index (χ2v) is 5.67. The molecule has 0 fully saturated rings. The SMILES string of the molecule is Cc1ccc(CNC(=O)C(=O)Nc2ccc(OC(C)C)nc2)cc1. The normalized spacial score (nSPS) is 10.3. The van der Waals surface area contributed by atoms with E-state index in [4.69, 9.17) is 4.74 Å². The number of anilines is 1. The molecule has 0 aliphatic rings. The van der Waals surface area contributed by atoms with Crippen LogP contribution in [-0.4, -0.2) is 22.9 Å². The highest BCUT2D eigenvalue weighted by atomic mass is 16.5. The lowest BCUT2D eigenvalue weighted by Gasteiger charge is -2.09. The summed E-state index contributed by atoms with van der Waals surface area (Å²) in [6, 6.07) is 11.0. The highest BCUT2D eigenvalue weighted by molar-refractivity contribution is 6.39. The first-order valence-electron chi connectivity index (χ1n) is 7.71. The Morgan fingerprint density at radius 1 is 1.08 bits per heavy atom. The maximum atomic E-state index is 11.9. The summed E-state index contributed by atoms with van der Waals surface area (Å²) in [5.74, 6) is -0.966. The van der Waals surface area contributed by atoms with E-state index < -0.39 is 11.8 Å². The van der Waals surface area contributed by atoms with Crippen molar-refractivity contribution in [3.05, 3.63) is 53.7 Å². The Balaban J connectivity index is 1.84. The summed E-state index contributed by atoms with van der Waals surface area (Å²) in [4.78, 5) is 27.8. The third-order valence-corrected chi connectivity index (χ3v) is 3.13. The van der Waals surface area contributed by atoms with Gasteiger partial charge in [0, 0.05) is 12.6 Å². The number of amides is 2. The number of aryl methyl sites for hydroxylation is 1.